The summed E-state index contributed by atoms with van der Waals surface area (Å²) in [6, 6.07) is 11.9. The van der Waals surface area contributed by atoms with Crippen LogP contribution in [0.1, 0.15) is 31.7 Å². The van der Waals surface area contributed by atoms with Gasteiger partial charge in [-0.25, -0.2) is 4.98 Å². The second-order valence-electron chi connectivity index (χ2n) is 8.81. The number of nitrogens with zero attached hydrogens (tertiary/aromatic N) is 3. The molecule has 0 saturated carbocycles. The molecule has 0 unspecified atom stereocenters. The molecule has 0 spiro atoms. The van der Waals surface area contributed by atoms with Crippen LogP contribution in [-0.2, 0) is 0 Å². The maximum atomic E-state index is 9.59. The first-order chi connectivity index (χ1) is 17.7. The van der Waals surface area contributed by atoms with Crippen molar-refractivity contribution < 1.29 is 14.2 Å². The number of hydrogen-bond donors (Lipinski definition) is 2. The van der Waals surface area contributed by atoms with Crippen LogP contribution in [0.5, 0.6) is 17.4 Å². The van der Waals surface area contributed by atoms with Crippen molar-refractivity contribution in [3.63, 3.8) is 0 Å². The lowest BCUT2D eigenvalue weighted by Gasteiger charge is -2.23. The van der Waals surface area contributed by atoms with E-state index in [9.17, 15) is 5.26 Å². The summed E-state index contributed by atoms with van der Waals surface area (Å²) in [5.41, 5.74) is 4.85. The van der Waals surface area contributed by atoms with Crippen LogP contribution in [0, 0.1) is 11.3 Å². The van der Waals surface area contributed by atoms with E-state index in [1.807, 2.05) is 24.4 Å². The first-order valence-electron chi connectivity index (χ1n) is 12.3. The van der Waals surface area contributed by atoms with Crippen molar-refractivity contribution in [3.8, 4) is 45.8 Å². The Kier molecular flexibility index (Phi) is 7.01. The van der Waals surface area contributed by atoms with Crippen LogP contribution < -0.4 is 19.5 Å². The van der Waals surface area contributed by atoms with Crippen LogP contribution in [-0.4, -0.2) is 47.9 Å². The Morgan fingerprint density at radius 3 is 2.86 bits per heavy atom. The lowest BCUT2D eigenvalue weighted by molar-refractivity contribution is 0.160. The Morgan fingerprint density at radius 1 is 1.17 bits per heavy atom. The number of piperidine rings is 1. The largest absolute Gasteiger partial charge is 0.493 e. The van der Waals surface area contributed by atoms with E-state index >= 15 is 0 Å². The average molecular weight is 484 g/mol. The van der Waals surface area contributed by atoms with Crippen molar-refractivity contribution in [2.45, 2.75) is 32.3 Å². The van der Waals surface area contributed by atoms with Crippen molar-refractivity contribution in [2.75, 3.05) is 26.8 Å². The molecule has 0 radical (unpaired) electrons. The van der Waals surface area contributed by atoms with E-state index < -0.39 is 0 Å². The fourth-order valence-electron chi connectivity index (χ4n) is 4.51. The van der Waals surface area contributed by atoms with E-state index in [-0.39, 0.29) is 6.10 Å². The lowest BCUT2D eigenvalue weighted by Crippen LogP contribution is -2.37. The monoisotopic (exact) mass is 483 g/mol. The predicted octanol–water partition coefficient (Wildman–Crippen LogP) is 5.09. The third kappa shape index (κ3) is 4.83. The van der Waals surface area contributed by atoms with E-state index in [1.165, 1.54) is 0 Å². The Morgan fingerprint density at radius 2 is 2.08 bits per heavy atom. The molecule has 1 atom stereocenters. The fraction of sp³-hybridized carbons (Fsp3) is 0.321. The SMILES string of the molecule is CCCOc1c(OC)cc(C#N)cc1-c1ccc2[nH]cc(-c3cncc(O[C@@H]4CCCNC4)n3)c2c1. The molecule has 3 heterocycles. The molecule has 2 aromatic heterocycles. The number of nitrogens with one attached hydrogen (secondary N) is 2. The standard InChI is InChI=1S/C28H29N5O3/c1-3-9-35-28-21(10-18(13-29)11-26(28)34-2)19-6-7-24-22(12-19)23(15-32-24)25-16-31-17-27(33-25)36-20-5-4-8-30-14-20/h6-7,10-12,15-17,20,30,32H,3-5,8-9,14H2,1-2H3/t20-/m1/s1. The molecule has 0 aliphatic carbocycles. The number of aromatic amines is 1. The van der Waals surface area contributed by atoms with E-state index in [0.29, 0.717) is 29.5 Å². The molecule has 0 bridgehead atoms. The van der Waals surface area contributed by atoms with E-state index in [1.54, 1.807) is 25.6 Å². The van der Waals surface area contributed by atoms with Crippen molar-refractivity contribution in [1.82, 2.24) is 20.3 Å². The van der Waals surface area contributed by atoms with Crippen molar-refractivity contribution in [2.24, 2.45) is 0 Å². The Bertz CT molecular complexity index is 1400. The molecule has 2 aromatic carbocycles. The summed E-state index contributed by atoms with van der Waals surface area (Å²) in [5, 5.41) is 13.9. The summed E-state index contributed by atoms with van der Waals surface area (Å²) in [5.74, 6) is 1.69. The van der Waals surface area contributed by atoms with Crippen LogP contribution in [0.3, 0.4) is 0 Å². The number of H-pyrrole nitrogens is 1. The predicted molar refractivity (Wildman–Crippen MR) is 138 cm³/mol. The second kappa shape index (κ2) is 10.7. The highest BCUT2D eigenvalue weighted by Gasteiger charge is 2.18. The summed E-state index contributed by atoms with van der Waals surface area (Å²) in [6.07, 6.45) is 8.39. The molecule has 184 valence electrons. The Labute approximate surface area is 210 Å². The lowest BCUT2D eigenvalue weighted by atomic mass is 9.98. The van der Waals surface area contributed by atoms with Crippen LogP contribution >= 0.6 is 0 Å². The first kappa shape index (κ1) is 23.6. The van der Waals surface area contributed by atoms with Crippen molar-refractivity contribution in [1.29, 1.82) is 5.26 Å². The fourth-order valence-corrected chi connectivity index (χ4v) is 4.51. The minimum atomic E-state index is 0.0989. The van der Waals surface area contributed by atoms with Gasteiger partial charge in [0.15, 0.2) is 11.5 Å². The molecule has 8 heteroatoms. The smallest absolute Gasteiger partial charge is 0.233 e. The van der Waals surface area contributed by atoms with Gasteiger partial charge in [0.2, 0.25) is 5.88 Å². The highest BCUT2D eigenvalue weighted by molar-refractivity contribution is 5.97. The topological polar surface area (TPSA) is 105 Å². The number of aromatic nitrogens is 3. The van der Waals surface area contributed by atoms with E-state index in [0.717, 1.165) is 65.6 Å². The van der Waals surface area contributed by atoms with Gasteiger partial charge in [-0.3, -0.25) is 4.98 Å². The van der Waals surface area contributed by atoms with Crippen LogP contribution in [0.4, 0.5) is 0 Å². The molecule has 1 aliphatic heterocycles. The first-order valence-corrected chi connectivity index (χ1v) is 12.3. The number of hydrogen-bond acceptors (Lipinski definition) is 7. The number of fused-ring (bicyclic) bond motifs is 1. The molecule has 0 amide bonds. The third-order valence-corrected chi connectivity index (χ3v) is 6.27. The summed E-state index contributed by atoms with van der Waals surface area (Å²) in [6.45, 7) is 4.44. The molecule has 1 saturated heterocycles. The van der Waals surface area contributed by atoms with Gasteiger partial charge in [0, 0.05) is 40.8 Å². The molecule has 2 N–H and O–H groups in total. The highest BCUT2D eigenvalue weighted by Crippen LogP contribution is 2.41. The normalized spacial score (nSPS) is 15.4. The second-order valence-corrected chi connectivity index (χ2v) is 8.81. The van der Waals surface area contributed by atoms with Crippen LogP contribution in [0.25, 0.3) is 33.3 Å². The molecule has 1 fully saturated rings. The van der Waals surface area contributed by atoms with Gasteiger partial charge in [0.25, 0.3) is 0 Å². The van der Waals surface area contributed by atoms with Crippen LogP contribution in [0.15, 0.2) is 48.9 Å². The van der Waals surface area contributed by atoms with Crippen molar-refractivity contribution in [3.05, 3.63) is 54.5 Å². The third-order valence-electron chi connectivity index (χ3n) is 6.27. The summed E-state index contributed by atoms with van der Waals surface area (Å²) in [7, 11) is 1.59. The summed E-state index contributed by atoms with van der Waals surface area (Å²) >= 11 is 0. The van der Waals surface area contributed by atoms with E-state index in [4.69, 9.17) is 19.2 Å². The van der Waals surface area contributed by atoms with Crippen molar-refractivity contribution >= 4 is 10.9 Å². The van der Waals surface area contributed by atoms with Gasteiger partial charge in [-0.05, 0) is 49.6 Å². The quantitative estimate of drug-likeness (QED) is 0.360. The molecule has 1 aliphatic rings. The van der Waals surface area contributed by atoms with Gasteiger partial charge >= 0.3 is 0 Å². The zero-order valence-corrected chi connectivity index (χ0v) is 20.5. The van der Waals surface area contributed by atoms with Gasteiger partial charge < -0.3 is 24.5 Å². The molecule has 36 heavy (non-hydrogen) atoms. The Balaban J connectivity index is 1.55. The minimum absolute atomic E-state index is 0.0989. The maximum absolute atomic E-state index is 9.59. The summed E-state index contributed by atoms with van der Waals surface area (Å²) < 4.78 is 17.7. The molecular formula is C28H29N5O3. The number of methoxy groups -OCH3 is 1. The van der Waals surface area contributed by atoms with Crippen LogP contribution in [0.2, 0.25) is 0 Å². The minimum Gasteiger partial charge on any atom is -0.493 e. The van der Waals surface area contributed by atoms with Gasteiger partial charge in [0.1, 0.15) is 6.10 Å². The zero-order valence-electron chi connectivity index (χ0n) is 20.5. The molecular weight excluding hydrogens is 454 g/mol. The number of nitriles is 1. The van der Waals surface area contributed by atoms with Gasteiger partial charge in [-0.1, -0.05) is 13.0 Å². The molecule has 5 rings (SSSR count). The average Bonchev–Trinajstić information content (AvgIpc) is 3.35. The zero-order chi connectivity index (χ0) is 24.9. The molecule has 8 nitrogen and oxygen atoms in total. The van der Waals surface area contributed by atoms with Gasteiger partial charge in [-0.15, -0.1) is 0 Å². The number of ether oxygens (including phenoxy) is 3. The molecule has 4 aromatic rings. The summed E-state index contributed by atoms with van der Waals surface area (Å²) in [4.78, 5) is 12.5. The van der Waals surface area contributed by atoms with Gasteiger partial charge in [0.05, 0.1) is 43.4 Å². The number of rotatable bonds is 8. The van der Waals surface area contributed by atoms with E-state index in [2.05, 4.69) is 34.3 Å². The van der Waals surface area contributed by atoms with Gasteiger partial charge in [-0.2, -0.15) is 5.26 Å². The number of benzene rings is 2. The Hall–Kier alpha value is -4.09. The highest BCUT2D eigenvalue weighted by atomic mass is 16.5. The maximum Gasteiger partial charge on any atom is 0.233 e.